The monoisotopic (exact) mass is 278 g/mol. The van der Waals surface area contributed by atoms with Crippen LogP contribution in [-0.2, 0) is 6.54 Å². The molecule has 2 aromatic heterocycles. The molecule has 0 amide bonds. The van der Waals surface area contributed by atoms with Crippen LogP contribution in [0.2, 0.25) is 0 Å². The molecule has 0 aliphatic carbocycles. The van der Waals surface area contributed by atoms with Crippen molar-refractivity contribution < 1.29 is 4.52 Å². The number of rotatable bonds is 3. The minimum atomic E-state index is 0.322. The molecule has 5 nitrogen and oxygen atoms in total. The molecule has 0 saturated carbocycles. The van der Waals surface area contributed by atoms with Crippen LogP contribution in [0.15, 0.2) is 22.0 Å². The summed E-state index contributed by atoms with van der Waals surface area (Å²) in [6.07, 6.45) is 1.04. The van der Waals surface area contributed by atoms with Gasteiger partial charge in [0.25, 0.3) is 5.89 Å². The molecule has 3 rings (SSSR count). The first kappa shape index (κ1) is 12.8. The summed E-state index contributed by atoms with van der Waals surface area (Å²) in [6.45, 7) is 4.95. The van der Waals surface area contributed by atoms with Gasteiger partial charge in [0.1, 0.15) is 0 Å². The summed E-state index contributed by atoms with van der Waals surface area (Å²) in [5, 5.41) is 6.06. The van der Waals surface area contributed by atoms with E-state index in [0.717, 1.165) is 36.8 Å². The molecule has 2 aromatic rings. The average Bonchev–Trinajstić information content (AvgIpc) is 3.04. The fraction of sp³-hybridized carbons (Fsp3) is 0.538. The van der Waals surface area contributed by atoms with Gasteiger partial charge in [-0.2, -0.15) is 4.98 Å². The van der Waals surface area contributed by atoms with Gasteiger partial charge in [-0.3, -0.25) is 4.90 Å². The van der Waals surface area contributed by atoms with E-state index in [1.807, 2.05) is 17.5 Å². The number of likely N-dealkylation sites (tertiary alicyclic amines) is 1. The van der Waals surface area contributed by atoms with Crippen molar-refractivity contribution in [2.45, 2.75) is 25.9 Å². The number of hydrogen-bond donors (Lipinski definition) is 1. The predicted octanol–water partition coefficient (Wildman–Crippen LogP) is 1.97. The summed E-state index contributed by atoms with van der Waals surface area (Å²) < 4.78 is 5.30. The Morgan fingerprint density at radius 2 is 2.47 bits per heavy atom. The van der Waals surface area contributed by atoms with E-state index in [-0.39, 0.29) is 0 Å². The van der Waals surface area contributed by atoms with Crippen molar-refractivity contribution in [1.29, 1.82) is 0 Å². The molecule has 0 aromatic carbocycles. The number of hydrogen-bond acceptors (Lipinski definition) is 6. The van der Waals surface area contributed by atoms with Crippen molar-refractivity contribution in [2.24, 2.45) is 11.7 Å². The van der Waals surface area contributed by atoms with Gasteiger partial charge in [0.05, 0.1) is 11.4 Å². The first-order chi connectivity index (χ1) is 9.22. The first-order valence-electron chi connectivity index (χ1n) is 6.57. The molecule has 2 atom stereocenters. The predicted molar refractivity (Wildman–Crippen MR) is 74.6 cm³/mol. The lowest BCUT2D eigenvalue weighted by Gasteiger charge is -2.34. The Morgan fingerprint density at radius 3 is 3.21 bits per heavy atom. The molecule has 2 N–H and O–H groups in total. The van der Waals surface area contributed by atoms with Gasteiger partial charge in [0, 0.05) is 19.1 Å². The van der Waals surface area contributed by atoms with Crippen LogP contribution in [0.25, 0.3) is 10.8 Å². The second kappa shape index (κ2) is 5.40. The zero-order valence-corrected chi connectivity index (χ0v) is 11.8. The van der Waals surface area contributed by atoms with Gasteiger partial charge >= 0.3 is 0 Å². The normalized spacial score (nSPS) is 24.7. The molecule has 0 bridgehead atoms. The quantitative estimate of drug-likeness (QED) is 0.929. The highest BCUT2D eigenvalue weighted by molar-refractivity contribution is 7.13. The smallest absolute Gasteiger partial charge is 0.268 e. The molecule has 1 aliphatic rings. The molecule has 1 aliphatic heterocycles. The Hall–Kier alpha value is -1.24. The fourth-order valence-corrected chi connectivity index (χ4v) is 3.06. The van der Waals surface area contributed by atoms with Crippen molar-refractivity contribution in [3.8, 4) is 10.8 Å². The number of nitrogens with two attached hydrogens (primary N) is 1. The topological polar surface area (TPSA) is 68.2 Å². The minimum absolute atomic E-state index is 0.322. The Labute approximate surface area is 116 Å². The maximum absolute atomic E-state index is 6.03. The van der Waals surface area contributed by atoms with Crippen LogP contribution >= 0.6 is 11.3 Å². The lowest BCUT2D eigenvalue weighted by Crippen LogP contribution is -2.45. The van der Waals surface area contributed by atoms with Gasteiger partial charge in [-0.1, -0.05) is 18.1 Å². The zero-order chi connectivity index (χ0) is 13.2. The van der Waals surface area contributed by atoms with E-state index in [1.165, 1.54) is 0 Å². The highest BCUT2D eigenvalue weighted by Gasteiger charge is 2.24. The third-order valence-electron chi connectivity index (χ3n) is 3.62. The van der Waals surface area contributed by atoms with Crippen LogP contribution in [0.4, 0.5) is 0 Å². The van der Waals surface area contributed by atoms with Gasteiger partial charge in [-0.05, 0) is 23.8 Å². The molecule has 0 radical (unpaired) electrons. The molecule has 19 heavy (non-hydrogen) atoms. The van der Waals surface area contributed by atoms with E-state index in [2.05, 4.69) is 22.0 Å². The van der Waals surface area contributed by atoms with Crippen molar-refractivity contribution >= 4 is 11.3 Å². The van der Waals surface area contributed by atoms with Gasteiger partial charge in [0.2, 0.25) is 0 Å². The van der Waals surface area contributed by atoms with Crippen LogP contribution in [0.5, 0.6) is 0 Å². The third kappa shape index (κ3) is 2.86. The van der Waals surface area contributed by atoms with E-state index in [4.69, 9.17) is 10.3 Å². The van der Waals surface area contributed by atoms with Crippen molar-refractivity contribution in [2.75, 3.05) is 13.1 Å². The molecule has 102 valence electrons. The van der Waals surface area contributed by atoms with Gasteiger partial charge in [0.15, 0.2) is 5.82 Å². The largest absolute Gasteiger partial charge is 0.333 e. The number of thiophene rings is 1. The Kier molecular flexibility index (Phi) is 3.63. The Balaban J connectivity index is 1.64. The van der Waals surface area contributed by atoms with Crippen molar-refractivity contribution in [3.05, 3.63) is 23.3 Å². The van der Waals surface area contributed by atoms with Gasteiger partial charge < -0.3 is 10.3 Å². The number of piperidine rings is 1. The van der Waals surface area contributed by atoms with Crippen LogP contribution in [0.1, 0.15) is 19.2 Å². The molecular weight excluding hydrogens is 260 g/mol. The van der Waals surface area contributed by atoms with Crippen LogP contribution in [0.3, 0.4) is 0 Å². The maximum atomic E-state index is 6.03. The first-order valence-corrected chi connectivity index (χ1v) is 7.45. The van der Waals surface area contributed by atoms with E-state index in [0.29, 0.717) is 17.9 Å². The highest BCUT2D eigenvalue weighted by Crippen LogP contribution is 2.23. The second-order valence-corrected chi connectivity index (χ2v) is 6.11. The zero-order valence-electron chi connectivity index (χ0n) is 11.0. The summed E-state index contributed by atoms with van der Waals surface area (Å²) in [6, 6.07) is 4.30. The molecule has 0 spiro atoms. The van der Waals surface area contributed by atoms with Crippen LogP contribution < -0.4 is 5.73 Å². The van der Waals surface area contributed by atoms with Gasteiger partial charge in [-0.25, -0.2) is 0 Å². The van der Waals surface area contributed by atoms with Crippen LogP contribution in [-0.4, -0.2) is 34.2 Å². The van der Waals surface area contributed by atoms with E-state index < -0.39 is 0 Å². The van der Waals surface area contributed by atoms with Gasteiger partial charge in [-0.15, -0.1) is 11.3 Å². The van der Waals surface area contributed by atoms with E-state index in [1.54, 1.807) is 11.3 Å². The summed E-state index contributed by atoms with van der Waals surface area (Å²) in [7, 11) is 0. The van der Waals surface area contributed by atoms with Crippen molar-refractivity contribution in [1.82, 2.24) is 15.0 Å². The van der Waals surface area contributed by atoms with Crippen LogP contribution in [0, 0.1) is 5.92 Å². The Bertz CT molecular complexity index is 524. The molecule has 1 saturated heterocycles. The molecular formula is C13H18N4OS. The average molecular weight is 278 g/mol. The summed E-state index contributed by atoms with van der Waals surface area (Å²) in [5.74, 6) is 1.90. The maximum Gasteiger partial charge on any atom is 0.268 e. The lowest BCUT2D eigenvalue weighted by atomic mass is 9.95. The van der Waals surface area contributed by atoms with E-state index >= 15 is 0 Å². The van der Waals surface area contributed by atoms with Crippen molar-refractivity contribution in [3.63, 3.8) is 0 Å². The standard InChI is InChI=1S/C13H18N4OS/c1-9-7-17(5-4-10(9)14)8-12-15-13(18-16-12)11-3-2-6-19-11/h2-3,6,9-10H,4-5,7-8,14H2,1H3. The SMILES string of the molecule is CC1CN(Cc2noc(-c3cccs3)n2)CCC1N. The third-order valence-corrected chi connectivity index (χ3v) is 4.48. The second-order valence-electron chi connectivity index (χ2n) is 5.16. The highest BCUT2D eigenvalue weighted by atomic mass is 32.1. The molecule has 6 heteroatoms. The number of aromatic nitrogens is 2. The summed E-state index contributed by atoms with van der Waals surface area (Å²) in [4.78, 5) is 7.82. The van der Waals surface area contributed by atoms with E-state index in [9.17, 15) is 0 Å². The summed E-state index contributed by atoms with van der Waals surface area (Å²) >= 11 is 1.61. The molecule has 3 heterocycles. The fourth-order valence-electron chi connectivity index (χ4n) is 2.41. The summed E-state index contributed by atoms with van der Waals surface area (Å²) in [5.41, 5.74) is 6.03. The minimum Gasteiger partial charge on any atom is -0.333 e. The lowest BCUT2D eigenvalue weighted by molar-refractivity contribution is 0.153. The molecule has 2 unspecified atom stereocenters. The number of nitrogens with zero attached hydrogens (tertiary/aromatic N) is 3. The Morgan fingerprint density at radius 1 is 1.58 bits per heavy atom. The molecule has 1 fully saturated rings.